The van der Waals surface area contributed by atoms with E-state index in [1.807, 2.05) is 14.1 Å². The van der Waals surface area contributed by atoms with E-state index in [0.717, 1.165) is 0 Å². The second-order valence-corrected chi connectivity index (χ2v) is 2.41. The number of carbonyl (C=O) groups is 1. The molecule has 4 nitrogen and oxygen atoms in total. The molecule has 0 rings (SSSR count). The molecule has 0 aliphatic heterocycles. The number of ether oxygens (including phenoxy) is 1. The van der Waals surface area contributed by atoms with Gasteiger partial charge in [-0.25, -0.2) is 4.79 Å². The molecule has 0 bridgehead atoms. The van der Waals surface area contributed by atoms with E-state index < -0.39 is 0 Å². The van der Waals surface area contributed by atoms with Gasteiger partial charge in [0.15, 0.2) is 6.17 Å². The van der Waals surface area contributed by atoms with Crippen LogP contribution in [0.25, 0.3) is 0 Å². The van der Waals surface area contributed by atoms with Crippen LogP contribution in [0.4, 0.5) is 0 Å². The highest BCUT2D eigenvalue weighted by atomic mass is 35.5. The van der Waals surface area contributed by atoms with Gasteiger partial charge in [0, 0.05) is 0 Å². The van der Waals surface area contributed by atoms with Crippen molar-refractivity contribution in [2.24, 2.45) is 0 Å². The third-order valence-electron chi connectivity index (χ3n) is 1.30. The molecule has 0 aromatic rings. The summed E-state index contributed by atoms with van der Waals surface area (Å²) >= 11 is 0. The molecule has 0 saturated carbocycles. The summed E-state index contributed by atoms with van der Waals surface area (Å²) in [5.41, 5.74) is 0. The molecule has 0 heterocycles. The number of nitrogens with zero attached hydrogens (tertiary/aromatic N) is 1. The van der Waals surface area contributed by atoms with Gasteiger partial charge in [-0.2, -0.15) is 0 Å². The first kappa shape index (κ1) is 18.7. The molecule has 0 amide bonds. The Balaban J connectivity index is -0.000000500. The van der Waals surface area contributed by atoms with Gasteiger partial charge in [0.1, 0.15) is 0 Å². The molecule has 0 spiro atoms. The summed E-state index contributed by atoms with van der Waals surface area (Å²) < 4.78 is 4.81. The third kappa shape index (κ3) is 7.07. The monoisotopic (exact) mass is 232 g/mol. The molecule has 82 valence electrons. The number of rotatable bonds is 4. The van der Waals surface area contributed by atoms with Crippen molar-refractivity contribution in [3.63, 3.8) is 0 Å². The number of carbonyl (C=O) groups excluding carboxylic acids is 1. The molecule has 0 saturated heterocycles. The van der Waals surface area contributed by atoms with Crippen molar-refractivity contribution in [2.45, 2.75) is 13.1 Å². The molecule has 1 unspecified atom stereocenters. The molecule has 6 heteroatoms. The topological polar surface area (TPSA) is 41.6 Å². The van der Waals surface area contributed by atoms with Crippen LogP contribution in [-0.4, -0.2) is 44.8 Å². The van der Waals surface area contributed by atoms with Gasteiger partial charge in [0.05, 0.1) is 6.61 Å². The van der Waals surface area contributed by atoms with Crippen LogP contribution < -0.4 is 5.32 Å². The first-order valence-corrected chi connectivity index (χ1v) is 3.63. The molecule has 1 atom stereocenters. The van der Waals surface area contributed by atoms with E-state index in [4.69, 9.17) is 4.74 Å². The van der Waals surface area contributed by atoms with E-state index in [9.17, 15) is 4.79 Å². The highest BCUT2D eigenvalue weighted by Gasteiger charge is 2.18. The summed E-state index contributed by atoms with van der Waals surface area (Å²) in [6.07, 6.45) is -0.338. The Hall–Kier alpha value is -0.0300. The van der Waals surface area contributed by atoms with Gasteiger partial charge in [-0.3, -0.25) is 10.2 Å². The van der Waals surface area contributed by atoms with Crippen molar-refractivity contribution in [3.8, 4) is 0 Å². The molecule has 0 aromatic carbocycles. The summed E-state index contributed by atoms with van der Waals surface area (Å²) in [5, 5.41) is 2.84. The average molecular weight is 233 g/mol. The normalized spacial score (nSPS) is 11.2. The fourth-order valence-corrected chi connectivity index (χ4v) is 0.808. The van der Waals surface area contributed by atoms with Gasteiger partial charge in [-0.1, -0.05) is 0 Å². The molecule has 0 aliphatic rings. The minimum Gasteiger partial charge on any atom is -0.464 e. The van der Waals surface area contributed by atoms with E-state index in [1.165, 1.54) is 0 Å². The molecule has 0 aliphatic carbocycles. The van der Waals surface area contributed by atoms with Crippen LogP contribution in [0.1, 0.15) is 6.92 Å². The zero-order valence-electron chi connectivity index (χ0n) is 8.36. The molecule has 0 aromatic heterocycles. The zero-order chi connectivity index (χ0) is 8.85. The minimum atomic E-state index is -0.338. The molecule has 0 fully saturated rings. The van der Waals surface area contributed by atoms with Crippen LogP contribution in [0.15, 0.2) is 0 Å². The van der Waals surface area contributed by atoms with E-state index in [2.05, 4.69) is 5.32 Å². The summed E-state index contributed by atoms with van der Waals surface area (Å²) in [7, 11) is 5.36. The van der Waals surface area contributed by atoms with Gasteiger partial charge >= 0.3 is 5.97 Å². The van der Waals surface area contributed by atoms with Crippen LogP contribution in [-0.2, 0) is 9.53 Å². The lowest BCUT2D eigenvalue weighted by atomic mass is 10.4. The number of nitrogens with one attached hydrogen (secondary N) is 1. The summed E-state index contributed by atoms with van der Waals surface area (Å²) in [4.78, 5) is 12.9. The Bertz CT molecular complexity index is 134. The fraction of sp³-hybridized carbons (Fsp3) is 0.857. The maximum atomic E-state index is 11.1. The first-order chi connectivity index (χ1) is 5.13. The highest BCUT2D eigenvalue weighted by Crippen LogP contribution is 1.91. The van der Waals surface area contributed by atoms with Crippen molar-refractivity contribution in [2.75, 3.05) is 27.7 Å². The lowest BCUT2D eigenvalue weighted by Crippen LogP contribution is -2.46. The van der Waals surface area contributed by atoms with Gasteiger partial charge in [0.25, 0.3) is 0 Å². The molecule has 1 N–H and O–H groups in total. The van der Waals surface area contributed by atoms with Crippen molar-refractivity contribution < 1.29 is 9.53 Å². The number of halogens is 2. The Morgan fingerprint density at radius 2 is 1.92 bits per heavy atom. The Morgan fingerprint density at radius 3 is 2.15 bits per heavy atom. The van der Waals surface area contributed by atoms with Crippen LogP contribution >= 0.6 is 24.8 Å². The first-order valence-electron chi connectivity index (χ1n) is 3.63. The highest BCUT2D eigenvalue weighted by molar-refractivity contribution is 5.85. The van der Waals surface area contributed by atoms with E-state index in [-0.39, 0.29) is 36.9 Å². The maximum absolute atomic E-state index is 11.1. The summed E-state index contributed by atoms with van der Waals surface area (Å²) in [5.74, 6) is -0.236. The van der Waals surface area contributed by atoms with Gasteiger partial charge < -0.3 is 4.74 Å². The molecular weight excluding hydrogens is 215 g/mol. The molecule has 0 radical (unpaired) electrons. The Labute approximate surface area is 91.8 Å². The quantitative estimate of drug-likeness (QED) is 0.567. The van der Waals surface area contributed by atoms with Crippen molar-refractivity contribution in [3.05, 3.63) is 0 Å². The van der Waals surface area contributed by atoms with E-state index >= 15 is 0 Å². The van der Waals surface area contributed by atoms with Gasteiger partial charge in [-0.15, -0.1) is 24.8 Å². The third-order valence-corrected chi connectivity index (χ3v) is 1.30. The Kier molecular flexibility index (Phi) is 14.5. The second-order valence-electron chi connectivity index (χ2n) is 2.41. The number of likely N-dealkylation sites (N-methyl/N-ethyl adjacent to an activating group) is 2. The van der Waals surface area contributed by atoms with E-state index in [0.29, 0.717) is 6.61 Å². The summed E-state index contributed by atoms with van der Waals surface area (Å²) in [6.45, 7) is 2.21. The number of hydrogen-bond donors (Lipinski definition) is 1. The van der Waals surface area contributed by atoms with Crippen molar-refractivity contribution in [1.82, 2.24) is 10.2 Å². The fourth-order valence-electron chi connectivity index (χ4n) is 0.808. The minimum absolute atomic E-state index is 0. The lowest BCUT2D eigenvalue weighted by Gasteiger charge is -2.20. The van der Waals surface area contributed by atoms with E-state index in [1.54, 1.807) is 18.9 Å². The molecular formula is C7H18Cl2N2O2. The average Bonchev–Trinajstić information content (AvgIpc) is 1.88. The van der Waals surface area contributed by atoms with Crippen molar-refractivity contribution in [1.29, 1.82) is 0 Å². The summed E-state index contributed by atoms with van der Waals surface area (Å²) in [6, 6.07) is 0. The smallest absolute Gasteiger partial charge is 0.338 e. The van der Waals surface area contributed by atoms with Crippen LogP contribution in [0.5, 0.6) is 0 Å². The predicted octanol–water partition coefficient (Wildman–Crippen LogP) is 0.500. The number of hydrogen-bond acceptors (Lipinski definition) is 4. The Morgan fingerprint density at radius 1 is 1.46 bits per heavy atom. The van der Waals surface area contributed by atoms with Crippen molar-refractivity contribution >= 4 is 30.8 Å². The SMILES string of the molecule is CCOC(=O)C(NC)N(C)C.Cl.Cl. The van der Waals surface area contributed by atoms with Crippen LogP contribution in [0.2, 0.25) is 0 Å². The lowest BCUT2D eigenvalue weighted by molar-refractivity contribution is -0.149. The second kappa shape index (κ2) is 10.1. The maximum Gasteiger partial charge on any atom is 0.338 e. The zero-order valence-corrected chi connectivity index (χ0v) is 10.00. The van der Waals surface area contributed by atoms with Gasteiger partial charge in [0.2, 0.25) is 0 Å². The largest absolute Gasteiger partial charge is 0.464 e. The molecule has 13 heavy (non-hydrogen) atoms. The van der Waals surface area contributed by atoms with Crippen LogP contribution in [0.3, 0.4) is 0 Å². The van der Waals surface area contributed by atoms with Crippen LogP contribution in [0, 0.1) is 0 Å². The predicted molar refractivity (Wildman–Crippen MR) is 57.7 cm³/mol. The number of esters is 1. The standard InChI is InChI=1S/C7H16N2O2.2ClH/c1-5-11-7(10)6(8-2)9(3)4;;/h6,8H,5H2,1-4H3;2*1H. The van der Waals surface area contributed by atoms with Gasteiger partial charge in [-0.05, 0) is 28.1 Å².